The van der Waals surface area contributed by atoms with Crippen molar-refractivity contribution in [1.29, 1.82) is 0 Å². The zero-order valence-corrected chi connectivity index (χ0v) is 12.5. The van der Waals surface area contributed by atoms with Crippen molar-refractivity contribution >= 4 is 12.0 Å². The lowest BCUT2D eigenvalue weighted by atomic mass is 10.0. The van der Waals surface area contributed by atoms with Gasteiger partial charge in [-0.2, -0.15) is 0 Å². The van der Waals surface area contributed by atoms with Crippen molar-refractivity contribution in [1.82, 2.24) is 10.2 Å². The van der Waals surface area contributed by atoms with E-state index in [0.717, 1.165) is 0 Å². The summed E-state index contributed by atoms with van der Waals surface area (Å²) in [5.41, 5.74) is -0.601. The molecule has 5 heteroatoms. The predicted octanol–water partition coefficient (Wildman–Crippen LogP) is 2.01. The minimum atomic E-state index is -0.692. The molecule has 0 fully saturated rings. The second-order valence-electron chi connectivity index (χ2n) is 6.10. The highest BCUT2D eigenvalue weighted by molar-refractivity contribution is 5.94. The van der Waals surface area contributed by atoms with Crippen LogP contribution in [0.1, 0.15) is 41.0 Å². The number of hydrogen-bond acceptors (Lipinski definition) is 4. The molecule has 0 spiro atoms. The van der Waals surface area contributed by atoms with Crippen LogP contribution in [-0.4, -0.2) is 42.6 Å². The summed E-state index contributed by atoms with van der Waals surface area (Å²) < 4.78 is 5.05. The van der Waals surface area contributed by atoms with Crippen LogP contribution in [0.2, 0.25) is 0 Å². The smallest absolute Gasteiger partial charge is 0.414 e. The lowest BCUT2D eigenvalue weighted by Crippen LogP contribution is -2.47. The first-order chi connectivity index (χ1) is 8.03. The van der Waals surface area contributed by atoms with Crippen molar-refractivity contribution < 1.29 is 14.3 Å². The lowest BCUT2D eigenvalue weighted by Gasteiger charge is -2.25. The molecular formula is C13H26N2O3. The van der Waals surface area contributed by atoms with Crippen molar-refractivity contribution in [2.45, 2.75) is 52.7 Å². The van der Waals surface area contributed by atoms with E-state index in [0.29, 0.717) is 12.3 Å². The zero-order valence-electron chi connectivity index (χ0n) is 12.5. The SMILES string of the molecule is CC(C)C[C@@H](C(=O)NC(=O)OC(C)(C)C)N(C)C. The van der Waals surface area contributed by atoms with Gasteiger partial charge in [-0.25, -0.2) is 4.79 Å². The highest BCUT2D eigenvalue weighted by Crippen LogP contribution is 2.10. The molecule has 1 atom stereocenters. The average molecular weight is 258 g/mol. The van der Waals surface area contributed by atoms with E-state index in [2.05, 4.69) is 5.32 Å². The molecule has 0 saturated heterocycles. The van der Waals surface area contributed by atoms with Crippen LogP contribution in [0, 0.1) is 5.92 Å². The van der Waals surface area contributed by atoms with Gasteiger partial charge >= 0.3 is 6.09 Å². The molecule has 0 aromatic rings. The number of nitrogens with one attached hydrogen (secondary N) is 1. The molecule has 2 amide bonds. The molecule has 0 unspecified atom stereocenters. The number of alkyl carbamates (subject to hydrolysis) is 1. The molecular weight excluding hydrogens is 232 g/mol. The second-order valence-corrected chi connectivity index (χ2v) is 6.10. The predicted molar refractivity (Wildman–Crippen MR) is 71.3 cm³/mol. The third-order valence-electron chi connectivity index (χ3n) is 2.24. The van der Waals surface area contributed by atoms with Crippen LogP contribution in [0.5, 0.6) is 0 Å². The summed E-state index contributed by atoms with van der Waals surface area (Å²) in [5, 5.41) is 2.28. The number of amides is 2. The van der Waals surface area contributed by atoms with E-state index < -0.39 is 11.7 Å². The quantitative estimate of drug-likeness (QED) is 0.838. The summed E-state index contributed by atoms with van der Waals surface area (Å²) >= 11 is 0. The number of ether oxygens (including phenoxy) is 1. The Morgan fingerprint density at radius 2 is 1.72 bits per heavy atom. The van der Waals surface area contributed by atoms with Gasteiger partial charge in [-0.15, -0.1) is 0 Å². The van der Waals surface area contributed by atoms with Gasteiger partial charge in [0.25, 0.3) is 0 Å². The van der Waals surface area contributed by atoms with E-state index in [1.807, 2.05) is 27.9 Å². The average Bonchev–Trinajstić information content (AvgIpc) is 2.09. The number of imide groups is 1. The van der Waals surface area contributed by atoms with Crippen molar-refractivity contribution in [3.05, 3.63) is 0 Å². The third kappa shape index (κ3) is 7.27. The normalized spacial score (nSPS) is 13.6. The minimum Gasteiger partial charge on any atom is -0.444 e. The van der Waals surface area contributed by atoms with Crippen LogP contribution >= 0.6 is 0 Å². The Bertz CT molecular complexity index is 293. The molecule has 5 nitrogen and oxygen atoms in total. The van der Waals surface area contributed by atoms with Gasteiger partial charge in [0.2, 0.25) is 5.91 Å². The highest BCUT2D eigenvalue weighted by Gasteiger charge is 2.25. The van der Waals surface area contributed by atoms with Gasteiger partial charge in [-0.3, -0.25) is 15.0 Å². The number of rotatable bonds is 4. The Hall–Kier alpha value is -1.10. The maximum atomic E-state index is 12.0. The Labute approximate surface area is 110 Å². The molecule has 0 radical (unpaired) electrons. The Kier molecular flexibility index (Phi) is 6.32. The molecule has 0 aromatic heterocycles. The summed E-state index contributed by atoms with van der Waals surface area (Å²) in [5.74, 6) is 0.0599. The van der Waals surface area contributed by atoms with Gasteiger partial charge < -0.3 is 4.74 Å². The number of carbonyl (C=O) groups excluding carboxylic acids is 2. The maximum absolute atomic E-state index is 12.0. The van der Waals surface area contributed by atoms with Gasteiger partial charge in [0.1, 0.15) is 5.60 Å². The lowest BCUT2D eigenvalue weighted by molar-refractivity contribution is -0.125. The first kappa shape index (κ1) is 16.9. The molecule has 0 aliphatic carbocycles. The standard InChI is InChI=1S/C13H26N2O3/c1-9(2)8-10(15(6)7)11(16)14-12(17)18-13(3,4)5/h9-10H,8H2,1-7H3,(H,14,16,17)/t10-/m0/s1. The van der Waals surface area contributed by atoms with Crippen LogP contribution < -0.4 is 5.32 Å². The monoisotopic (exact) mass is 258 g/mol. The fourth-order valence-corrected chi connectivity index (χ4v) is 1.49. The Morgan fingerprint density at radius 1 is 1.22 bits per heavy atom. The van der Waals surface area contributed by atoms with Crippen molar-refractivity contribution in [3.8, 4) is 0 Å². The van der Waals surface area contributed by atoms with Gasteiger partial charge in [0, 0.05) is 0 Å². The van der Waals surface area contributed by atoms with Gasteiger partial charge in [-0.05, 0) is 47.2 Å². The van der Waals surface area contributed by atoms with E-state index >= 15 is 0 Å². The number of carbonyl (C=O) groups is 2. The summed E-state index contributed by atoms with van der Waals surface area (Å²) in [6.45, 7) is 9.35. The molecule has 0 aromatic carbocycles. The van der Waals surface area contributed by atoms with Crippen LogP contribution in [0.3, 0.4) is 0 Å². The molecule has 0 rings (SSSR count). The molecule has 0 heterocycles. The Balaban J connectivity index is 4.47. The van der Waals surface area contributed by atoms with Crippen LogP contribution in [0.15, 0.2) is 0 Å². The van der Waals surface area contributed by atoms with Crippen LogP contribution in [0.4, 0.5) is 4.79 Å². The molecule has 1 N–H and O–H groups in total. The first-order valence-electron chi connectivity index (χ1n) is 6.23. The van der Waals surface area contributed by atoms with Crippen molar-refractivity contribution in [2.24, 2.45) is 5.92 Å². The molecule has 106 valence electrons. The summed E-state index contributed by atoms with van der Waals surface area (Å²) in [4.78, 5) is 25.3. The van der Waals surface area contributed by atoms with E-state index in [9.17, 15) is 9.59 Å². The largest absolute Gasteiger partial charge is 0.444 e. The maximum Gasteiger partial charge on any atom is 0.414 e. The van der Waals surface area contributed by atoms with E-state index in [-0.39, 0.29) is 11.9 Å². The Morgan fingerprint density at radius 3 is 2.06 bits per heavy atom. The second kappa shape index (κ2) is 6.73. The van der Waals surface area contributed by atoms with Crippen molar-refractivity contribution in [2.75, 3.05) is 14.1 Å². The fraction of sp³-hybridized carbons (Fsp3) is 0.846. The van der Waals surface area contributed by atoms with Gasteiger partial charge in [0.05, 0.1) is 6.04 Å². The molecule has 0 aliphatic rings. The van der Waals surface area contributed by atoms with E-state index in [1.165, 1.54) is 0 Å². The summed E-state index contributed by atoms with van der Waals surface area (Å²) in [6, 6.07) is -0.322. The van der Waals surface area contributed by atoms with E-state index in [4.69, 9.17) is 4.74 Å². The molecule has 0 aliphatic heterocycles. The fourth-order valence-electron chi connectivity index (χ4n) is 1.49. The van der Waals surface area contributed by atoms with Gasteiger partial charge in [-0.1, -0.05) is 13.8 Å². The van der Waals surface area contributed by atoms with Crippen LogP contribution in [-0.2, 0) is 9.53 Å². The van der Waals surface area contributed by atoms with Crippen molar-refractivity contribution in [3.63, 3.8) is 0 Å². The topological polar surface area (TPSA) is 58.6 Å². The van der Waals surface area contributed by atoms with E-state index in [1.54, 1.807) is 25.7 Å². The highest BCUT2D eigenvalue weighted by atomic mass is 16.6. The molecule has 0 saturated carbocycles. The van der Waals surface area contributed by atoms with Gasteiger partial charge in [0.15, 0.2) is 0 Å². The number of nitrogens with zero attached hydrogens (tertiary/aromatic N) is 1. The zero-order chi connectivity index (χ0) is 14.5. The molecule has 0 bridgehead atoms. The van der Waals surface area contributed by atoms with Crippen LogP contribution in [0.25, 0.3) is 0 Å². The first-order valence-corrected chi connectivity index (χ1v) is 6.23. The minimum absolute atomic E-state index is 0.317. The number of likely N-dealkylation sites (N-methyl/N-ethyl adjacent to an activating group) is 1. The number of hydrogen-bond donors (Lipinski definition) is 1. The molecule has 18 heavy (non-hydrogen) atoms. The third-order valence-corrected chi connectivity index (χ3v) is 2.24. The summed E-state index contributed by atoms with van der Waals surface area (Å²) in [6.07, 6.45) is 0.00449. The summed E-state index contributed by atoms with van der Waals surface area (Å²) in [7, 11) is 3.64.